The maximum absolute atomic E-state index is 17.2. The number of fused-ring (bicyclic) bond motifs is 5. The highest BCUT2D eigenvalue weighted by molar-refractivity contribution is 6.01. The summed E-state index contributed by atoms with van der Waals surface area (Å²) < 4.78 is 48.2. The molecule has 272 valence electrons. The van der Waals surface area contributed by atoms with E-state index in [0.29, 0.717) is 31.2 Å². The zero-order valence-corrected chi connectivity index (χ0v) is 27.9. The van der Waals surface area contributed by atoms with E-state index >= 15 is 8.78 Å². The lowest BCUT2D eigenvalue weighted by atomic mass is 9.45. The molecular formula is C35H42F2N2O11. The Kier molecular flexibility index (Phi) is 10.8. The number of nitrogens with zero attached hydrogens (tertiary/aromatic N) is 1. The first-order valence-electron chi connectivity index (χ1n) is 16.7. The summed E-state index contributed by atoms with van der Waals surface area (Å²) in [5.41, 5.74) is 2.00. The molecule has 0 aromatic heterocycles. The average molecular weight is 705 g/mol. The topological polar surface area (TPSA) is 195 Å². The van der Waals surface area contributed by atoms with Crippen molar-refractivity contribution >= 4 is 23.7 Å². The number of alkyl halides is 2. The van der Waals surface area contributed by atoms with E-state index in [1.165, 1.54) is 31.2 Å². The Morgan fingerprint density at radius 2 is 1.80 bits per heavy atom. The number of unbranched alkanes of at least 4 members (excludes halogenated alkanes) is 1. The lowest BCUT2D eigenvalue weighted by Crippen LogP contribution is -2.68. The van der Waals surface area contributed by atoms with Crippen LogP contribution < -0.4 is 10.5 Å². The lowest BCUT2D eigenvalue weighted by molar-refractivity contribution is -0.757. The van der Waals surface area contributed by atoms with Crippen molar-refractivity contribution in [3.8, 4) is 5.75 Å². The van der Waals surface area contributed by atoms with Crippen molar-refractivity contribution in [3.63, 3.8) is 0 Å². The van der Waals surface area contributed by atoms with Gasteiger partial charge in [0.05, 0.1) is 19.3 Å². The van der Waals surface area contributed by atoms with Crippen molar-refractivity contribution in [1.82, 2.24) is 0 Å². The number of rotatable bonds is 13. The maximum atomic E-state index is 17.2. The largest absolute Gasteiger partial charge is 0.514 e. The SMILES string of the molecule is C[C@]12C[C@H](O)[C@@]3(F)C(C[C@H](F)C4=CC(=O)C=C[C@@]43C)C1CC[C@@H]2C(=O)COC(=O)Oc1ccc(C[C@H](N)C(=O)OCCCCO[N+](=O)[O-])cc1. The summed E-state index contributed by atoms with van der Waals surface area (Å²) in [6, 6.07) is 5.12. The fraction of sp³-hybridized carbons (Fsp3) is 0.600. The van der Waals surface area contributed by atoms with Crippen LogP contribution >= 0.6 is 0 Å². The van der Waals surface area contributed by atoms with Gasteiger partial charge >= 0.3 is 12.1 Å². The molecule has 13 nitrogen and oxygen atoms in total. The monoisotopic (exact) mass is 704 g/mol. The predicted octanol–water partition coefficient (Wildman–Crippen LogP) is 4.11. The molecule has 3 fully saturated rings. The van der Waals surface area contributed by atoms with E-state index in [1.54, 1.807) is 19.1 Å². The van der Waals surface area contributed by atoms with Gasteiger partial charge in [-0.2, -0.15) is 0 Å². The first-order chi connectivity index (χ1) is 23.6. The molecule has 1 aromatic rings. The number of esters is 1. The number of hydrogen-bond acceptors (Lipinski definition) is 12. The number of carbonyl (C=O) groups is 4. The molecular weight excluding hydrogens is 662 g/mol. The number of Topliss-reactive ketones (excluding diaryl/α,β-unsaturated/α-hetero) is 1. The Bertz CT molecular complexity index is 1570. The van der Waals surface area contributed by atoms with Crippen LogP contribution in [0.5, 0.6) is 5.75 Å². The van der Waals surface area contributed by atoms with Gasteiger partial charge in [0.2, 0.25) is 0 Å². The van der Waals surface area contributed by atoms with Crippen LogP contribution in [0, 0.1) is 38.7 Å². The van der Waals surface area contributed by atoms with Gasteiger partial charge in [-0.15, -0.1) is 10.1 Å². The van der Waals surface area contributed by atoms with E-state index in [2.05, 4.69) is 4.84 Å². The molecule has 0 spiro atoms. The second kappa shape index (κ2) is 14.5. The number of ether oxygens (including phenoxy) is 3. The standard InChI is InChI=1S/C35H42F2N2O11/c1-33-18-30(42)35(37)25(17-27(36)26-16-21(40)11-12-34(26,35)2)23(33)9-10-24(33)29(41)19-48-32(44)50-22-7-5-20(6-8-22)15-28(38)31(43)47-13-3-4-14-49-39(45)46/h5-8,11-12,16,23-25,27-28,30,42H,3-4,9-10,13-15,17-19,38H2,1-2H3/t23?,24-,25?,27+,28+,30+,33+,34+,35+/m1/s1. The third kappa shape index (κ3) is 7.02. The van der Waals surface area contributed by atoms with Crippen molar-refractivity contribution in [1.29, 1.82) is 0 Å². The minimum Gasteiger partial charge on any atom is -0.465 e. The molecule has 3 N–H and O–H groups in total. The summed E-state index contributed by atoms with van der Waals surface area (Å²) in [6.07, 6.45) is 0.865. The third-order valence-electron chi connectivity index (χ3n) is 11.2. The molecule has 2 unspecified atom stereocenters. The van der Waals surface area contributed by atoms with Crippen molar-refractivity contribution in [3.05, 3.63) is 63.7 Å². The molecule has 1 aromatic carbocycles. The van der Waals surface area contributed by atoms with Gasteiger partial charge in [-0.05, 0) is 98.6 Å². The highest BCUT2D eigenvalue weighted by Gasteiger charge is 2.72. The minimum absolute atomic E-state index is 0.0336. The molecule has 0 heterocycles. The van der Waals surface area contributed by atoms with Crippen LogP contribution in [0.2, 0.25) is 0 Å². The van der Waals surface area contributed by atoms with Gasteiger partial charge in [-0.1, -0.05) is 25.1 Å². The number of carbonyl (C=O) groups excluding carboxylic acids is 4. The van der Waals surface area contributed by atoms with Crippen molar-refractivity contribution in [2.45, 2.75) is 82.8 Å². The molecule has 50 heavy (non-hydrogen) atoms. The predicted molar refractivity (Wildman–Crippen MR) is 170 cm³/mol. The molecule has 4 aliphatic rings. The number of benzene rings is 1. The van der Waals surface area contributed by atoms with Crippen LogP contribution in [0.15, 0.2) is 48.1 Å². The number of allylic oxidation sites excluding steroid dienone is 4. The first kappa shape index (κ1) is 37.0. The molecule has 9 atom stereocenters. The molecule has 0 amide bonds. The second-order valence-electron chi connectivity index (χ2n) is 14.1. The summed E-state index contributed by atoms with van der Waals surface area (Å²) in [5, 5.41) is 20.6. The first-order valence-corrected chi connectivity index (χ1v) is 16.7. The fourth-order valence-corrected chi connectivity index (χ4v) is 8.74. The Labute approximate surface area is 287 Å². The smallest absolute Gasteiger partial charge is 0.465 e. The summed E-state index contributed by atoms with van der Waals surface area (Å²) in [5.74, 6) is -3.34. The van der Waals surface area contributed by atoms with Crippen LogP contribution in [0.1, 0.15) is 57.9 Å². The molecule has 0 radical (unpaired) electrons. The van der Waals surface area contributed by atoms with Gasteiger partial charge in [0.1, 0.15) is 18.0 Å². The normalized spacial score (nSPS) is 33.2. The van der Waals surface area contributed by atoms with Gasteiger partial charge in [0.15, 0.2) is 23.8 Å². The molecule has 0 bridgehead atoms. The quantitative estimate of drug-likeness (QED) is 0.0983. The summed E-state index contributed by atoms with van der Waals surface area (Å²) in [4.78, 5) is 64.4. The van der Waals surface area contributed by atoms with E-state index in [1.807, 2.05) is 0 Å². The number of hydrogen-bond donors (Lipinski definition) is 2. The summed E-state index contributed by atoms with van der Waals surface area (Å²) in [6.45, 7) is 2.66. The Hall–Kier alpha value is -4.24. The highest BCUT2D eigenvalue weighted by atomic mass is 19.1. The molecule has 3 saturated carbocycles. The van der Waals surface area contributed by atoms with E-state index in [9.17, 15) is 34.4 Å². The maximum Gasteiger partial charge on any atom is 0.514 e. The van der Waals surface area contributed by atoms with Crippen LogP contribution in [0.3, 0.4) is 0 Å². The number of ketones is 2. The number of halogens is 2. The Morgan fingerprint density at radius 1 is 1.10 bits per heavy atom. The lowest BCUT2D eigenvalue weighted by Gasteiger charge is -2.62. The third-order valence-corrected chi connectivity index (χ3v) is 11.2. The van der Waals surface area contributed by atoms with E-state index < -0.39 is 88.0 Å². The average Bonchev–Trinajstić information content (AvgIpc) is 3.40. The van der Waals surface area contributed by atoms with Crippen molar-refractivity contribution in [2.75, 3.05) is 19.8 Å². The van der Waals surface area contributed by atoms with E-state index in [0.717, 1.165) is 6.08 Å². The molecule has 0 aliphatic heterocycles. The second-order valence-corrected chi connectivity index (χ2v) is 14.1. The van der Waals surface area contributed by atoms with Gasteiger partial charge in [0.25, 0.3) is 5.09 Å². The Balaban J connectivity index is 1.11. The van der Waals surface area contributed by atoms with Gasteiger partial charge in [0, 0.05) is 17.3 Å². The van der Waals surface area contributed by atoms with Gasteiger partial charge in [-0.3, -0.25) is 14.4 Å². The Morgan fingerprint density at radius 3 is 2.50 bits per heavy atom. The van der Waals surface area contributed by atoms with Crippen molar-refractivity contribution < 1.29 is 57.2 Å². The number of aliphatic hydroxyl groups is 1. The van der Waals surface area contributed by atoms with Crippen LogP contribution in [-0.2, 0) is 35.1 Å². The molecule has 15 heteroatoms. The van der Waals surface area contributed by atoms with Crippen molar-refractivity contribution in [2.24, 2.45) is 34.3 Å². The highest BCUT2D eigenvalue weighted by Crippen LogP contribution is 2.69. The van der Waals surface area contributed by atoms with Crippen LogP contribution in [0.4, 0.5) is 13.6 Å². The van der Waals surface area contributed by atoms with E-state index in [-0.39, 0.29) is 43.8 Å². The molecule has 5 rings (SSSR count). The van der Waals surface area contributed by atoms with E-state index in [4.69, 9.17) is 19.9 Å². The van der Waals surface area contributed by atoms with Gasteiger partial charge < -0.3 is 29.9 Å². The molecule has 0 saturated heterocycles. The van der Waals surface area contributed by atoms with Crippen LogP contribution in [-0.4, -0.2) is 77.7 Å². The summed E-state index contributed by atoms with van der Waals surface area (Å²) >= 11 is 0. The zero-order valence-electron chi connectivity index (χ0n) is 27.9. The molecule has 4 aliphatic carbocycles. The zero-order chi connectivity index (χ0) is 36.4. The number of aliphatic hydroxyl groups excluding tert-OH is 1. The summed E-state index contributed by atoms with van der Waals surface area (Å²) in [7, 11) is 0. The number of nitrogens with two attached hydrogens (primary N) is 1. The minimum atomic E-state index is -2.23. The fourth-order valence-electron chi connectivity index (χ4n) is 8.74. The van der Waals surface area contributed by atoms with Gasteiger partial charge in [-0.25, -0.2) is 13.6 Å². The van der Waals surface area contributed by atoms with Crippen LogP contribution in [0.25, 0.3) is 0 Å².